The van der Waals surface area contributed by atoms with Gasteiger partial charge in [-0.3, -0.25) is 9.88 Å². The van der Waals surface area contributed by atoms with Gasteiger partial charge in [0.1, 0.15) is 5.69 Å². The lowest BCUT2D eigenvalue weighted by atomic mass is 9.98. The van der Waals surface area contributed by atoms with Crippen LogP contribution in [0.2, 0.25) is 0 Å². The molecule has 3 rings (SSSR count). The van der Waals surface area contributed by atoms with Crippen molar-refractivity contribution in [3.05, 3.63) is 30.3 Å². The van der Waals surface area contributed by atoms with Crippen LogP contribution in [-0.4, -0.2) is 43.8 Å². The summed E-state index contributed by atoms with van der Waals surface area (Å²) in [6.07, 6.45) is 4.30. The Balaban J connectivity index is 1.65. The van der Waals surface area contributed by atoms with Crippen molar-refractivity contribution in [3.63, 3.8) is 0 Å². The molecule has 1 aliphatic heterocycles. The van der Waals surface area contributed by atoms with Gasteiger partial charge in [0.2, 0.25) is 11.7 Å². The fraction of sp³-hybridized carbons (Fsp3) is 0.533. The second-order valence-electron chi connectivity index (χ2n) is 5.85. The van der Waals surface area contributed by atoms with E-state index in [0.717, 1.165) is 32.4 Å². The number of hydrogen-bond acceptors (Lipinski definition) is 6. The molecule has 0 saturated carbocycles. The van der Waals surface area contributed by atoms with E-state index in [0.29, 0.717) is 24.0 Å². The summed E-state index contributed by atoms with van der Waals surface area (Å²) in [5, 5.41) is 14.1. The van der Waals surface area contributed by atoms with E-state index in [1.807, 2.05) is 25.1 Å². The summed E-state index contributed by atoms with van der Waals surface area (Å²) in [7, 11) is 0. The molecule has 1 unspecified atom stereocenters. The molecule has 6 heteroatoms. The van der Waals surface area contributed by atoms with Crippen molar-refractivity contribution in [2.75, 3.05) is 13.1 Å². The Hall–Kier alpha value is -1.79. The third kappa shape index (κ3) is 3.65. The van der Waals surface area contributed by atoms with Gasteiger partial charge in [0.15, 0.2) is 0 Å². The highest BCUT2D eigenvalue weighted by atomic mass is 16.5. The monoisotopic (exact) mass is 288 g/mol. The van der Waals surface area contributed by atoms with Crippen LogP contribution in [0.3, 0.4) is 0 Å². The molecule has 0 bridgehead atoms. The maximum atomic E-state index is 10.1. The quantitative estimate of drug-likeness (QED) is 0.929. The molecular formula is C15H20N4O2. The molecule has 1 fully saturated rings. The van der Waals surface area contributed by atoms with Crippen LogP contribution >= 0.6 is 0 Å². The number of aliphatic hydroxyl groups is 1. The second-order valence-corrected chi connectivity index (χ2v) is 5.85. The molecule has 1 saturated heterocycles. The number of hydrogen-bond donors (Lipinski definition) is 1. The average molecular weight is 288 g/mol. The highest BCUT2D eigenvalue weighted by Crippen LogP contribution is 2.22. The smallest absolute Gasteiger partial charge is 0.241 e. The molecule has 1 aliphatic rings. The Morgan fingerprint density at radius 3 is 3.05 bits per heavy atom. The number of pyridine rings is 1. The van der Waals surface area contributed by atoms with Gasteiger partial charge in [-0.05, 0) is 44.9 Å². The molecule has 0 amide bonds. The van der Waals surface area contributed by atoms with Gasteiger partial charge in [-0.15, -0.1) is 0 Å². The average Bonchev–Trinajstić information content (AvgIpc) is 2.87. The van der Waals surface area contributed by atoms with E-state index < -0.39 is 5.60 Å². The van der Waals surface area contributed by atoms with Crippen LogP contribution < -0.4 is 0 Å². The molecule has 0 aliphatic carbocycles. The molecule has 21 heavy (non-hydrogen) atoms. The zero-order valence-electron chi connectivity index (χ0n) is 12.2. The Bertz CT molecular complexity index is 582. The zero-order chi connectivity index (χ0) is 14.7. The number of nitrogens with zero attached hydrogens (tertiary/aromatic N) is 4. The summed E-state index contributed by atoms with van der Waals surface area (Å²) in [6, 6.07) is 5.61. The highest BCUT2D eigenvalue weighted by molar-refractivity contribution is 5.46. The van der Waals surface area contributed by atoms with Crippen molar-refractivity contribution in [1.29, 1.82) is 0 Å². The fourth-order valence-corrected chi connectivity index (χ4v) is 2.59. The van der Waals surface area contributed by atoms with Crippen molar-refractivity contribution < 1.29 is 9.63 Å². The SMILES string of the molecule is CC1(O)CCCN(Cc2nc(-c3ccccn3)no2)CC1. The fourth-order valence-electron chi connectivity index (χ4n) is 2.59. The van der Waals surface area contributed by atoms with Crippen LogP contribution in [0.15, 0.2) is 28.9 Å². The van der Waals surface area contributed by atoms with Crippen LogP contribution in [-0.2, 0) is 6.54 Å². The lowest BCUT2D eigenvalue weighted by Crippen LogP contribution is -2.28. The van der Waals surface area contributed by atoms with Crippen molar-refractivity contribution in [2.45, 2.75) is 38.3 Å². The minimum atomic E-state index is -0.553. The van der Waals surface area contributed by atoms with Crippen molar-refractivity contribution in [3.8, 4) is 11.5 Å². The van der Waals surface area contributed by atoms with Crippen molar-refractivity contribution >= 4 is 0 Å². The van der Waals surface area contributed by atoms with Gasteiger partial charge >= 0.3 is 0 Å². The molecule has 2 aromatic heterocycles. The molecular weight excluding hydrogens is 268 g/mol. The van der Waals surface area contributed by atoms with Gasteiger partial charge in [-0.1, -0.05) is 11.2 Å². The minimum absolute atomic E-state index is 0.521. The predicted octanol–water partition coefficient (Wildman–Crippen LogP) is 1.87. The summed E-state index contributed by atoms with van der Waals surface area (Å²) in [6.45, 7) is 4.31. The van der Waals surface area contributed by atoms with E-state index >= 15 is 0 Å². The van der Waals surface area contributed by atoms with Gasteiger partial charge in [0.05, 0.1) is 12.1 Å². The van der Waals surface area contributed by atoms with Crippen molar-refractivity contribution in [2.24, 2.45) is 0 Å². The Kier molecular flexibility index (Phi) is 3.98. The van der Waals surface area contributed by atoms with Gasteiger partial charge in [-0.2, -0.15) is 4.98 Å². The molecule has 6 nitrogen and oxygen atoms in total. The minimum Gasteiger partial charge on any atom is -0.390 e. The van der Waals surface area contributed by atoms with E-state index in [-0.39, 0.29) is 0 Å². The van der Waals surface area contributed by atoms with Crippen molar-refractivity contribution in [1.82, 2.24) is 20.0 Å². The molecule has 0 radical (unpaired) electrons. The van der Waals surface area contributed by atoms with Gasteiger partial charge in [0.25, 0.3) is 0 Å². The first-order chi connectivity index (χ1) is 10.1. The Morgan fingerprint density at radius 1 is 1.33 bits per heavy atom. The molecule has 1 atom stereocenters. The van der Waals surface area contributed by atoms with E-state index in [2.05, 4.69) is 20.0 Å². The summed E-state index contributed by atoms with van der Waals surface area (Å²) >= 11 is 0. The van der Waals surface area contributed by atoms with Gasteiger partial charge < -0.3 is 9.63 Å². The second kappa shape index (κ2) is 5.91. The van der Waals surface area contributed by atoms with Crippen LogP contribution in [0, 0.1) is 0 Å². The van der Waals surface area contributed by atoms with E-state index in [4.69, 9.17) is 4.52 Å². The van der Waals surface area contributed by atoms with Crippen LogP contribution in [0.1, 0.15) is 32.1 Å². The third-order valence-electron chi connectivity index (χ3n) is 3.88. The maximum absolute atomic E-state index is 10.1. The lowest BCUT2D eigenvalue weighted by Gasteiger charge is -2.21. The van der Waals surface area contributed by atoms with E-state index in [9.17, 15) is 5.11 Å². The summed E-state index contributed by atoms with van der Waals surface area (Å²) in [4.78, 5) is 10.9. The van der Waals surface area contributed by atoms with Crippen LogP contribution in [0.25, 0.3) is 11.5 Å². The molecule has 1 N–H and O–H groups in total. The lowest BCUT2D eigenvalue weighted by molar-refractivity contribution is 0.0440. The Morgan fingerprint density at radius 2 is 2.24 bits per heavy atom. The Labute approximate surface area is 123 Å². The first kappa shape index (κ1) is 14.2. The topological polar surface area (TPSA) is 75.3 Å². The van der Waals surface area contributed by atoms with E-state index in [1.54, 1.807) is 6.20 Å². The number of aromatic nitrogens is 3. The standard InChI is InChI=1S/C15H20N4O2/c1-15(20)6-4-9-19(10-7-15)11-13-17-14(18-21-13)12-5-2-3-8-16-12/h2-3,5,8,20H,4,6-7,9-11H2,1H3. The molecule has 3 heterocycles. The highest BCUT2D eigenvalue weighted by Gasteiger charge is 2.25. The number of likely N-dealkylation sites (tertiary alicyclic amines) is 1. The van der Waals surface area contributed by atoms with Crippen LogP contribution in [0.5, 0.6) is 0 Å². The molecule has 112 valence electrons. The number of rotatable bonds is 3. The normalized spacial score (nSPS) is 23.9. The third-order valence-corrected chi connectivity index (χ3v) is 3.88. The molecule has 0 spiro atoms. The summed E-state index contributed by atoms with van der Waals surface area (Å²) < 4.78 is 5.31. The summed E-state index contributed by atoms with van der Waals surface area (Å²) in [5.74, 6) is 1.12. The first-order valence-corrected chi connectivity index (χ1v) is 7.31. The van der Waals surface area contributed by atoms with Gasteiger partial charge in [0, 0.05) is 12.7 Å². The predicted molar refractivity (Wildman–Crippen MR) is 77.3 cm³/mol. The molecule has 2 aromatic rings. The summed E-state index contributed by atoms with van der Waals surface area (Å²) in [5.41, 5.74) is 0.161. The molecule has 0 aromatic carbocycles. The van der Waals surface area contributed by atoms with E-state index in [1.165, 1.54) is 0 Å². The first-order valence-electron chi connectivity index (χ1n) is 7.31. The van der Waals surface area contributed by atoms with Gasteiger partial charge in [-0.25, -0.2) is 0 Å². The zero-order valence-corrected chi connectivity index (χ0v) is 12.2. The van der Waals surface area contributed by atoms with Crippen LogP contribution in [0.4, 0.5) is 0 Å². The maximum Gasteiger partial charge on any atom is 0.241 e. The largest absolute Gasteiger partial charge is 0.390 e.